The third-order valence-electron chi connectivity index (χ3n) is 5.01. The van der Waals surface area contributed by atoms with Crippen molar-refractivity contribution in [2.75, 3.05) is 6.61 Å². The van der Waals surface area contributed by atoms with Crippen molar-refractivity contribution >= 4 is 6.29 Å². The van der Waals surface area contributed by atoms with Gasteiger partial charge < -0.3 is 19.0 Å². The summed E-state index contributed by atoms with van der Waals surface area (Å²) in [7, 11) is 0. The Morgan fingerprint density at radius 3 is 1.73 bits per heavy atom. The Bertz CT molecular complexity index is 996. The van der Waals surface area contributed by atoms with Crippen molar-refractivity contribution < 1.29 is 19.0 Å². The lowest BCUT2D eigenvalue weighted by Crippen LogP contribution is -2.43. The number of carbonyl (C=O) groups is 1. The van der Waals surface area contributed by atoms with E-state index in [0.717, 1.165) is 16.7 Å². The number of hydrogen-bond donors (Lipinski definition) is 0. The van der Waals surface area contributed by atoms with Gasteiger partial charge in [-0.2, -0.15) is 0 Å². The van der Waals surface area contributed by atoms with Crippen LogP contribution in [-0.4, -0.2) is 31.1 Å². The van der Waals surface area contributed by atoms with E-state index in [9.17, 15) is 4.79 Å². The van der Waals surface area contributed by atoms with Gasteiger partial charge >= 0.3 is 0 Å². The standard InChI is InChI=1S/C26H27N3O4/c27-29-28-24(20-31-17-21-10-4-1-5-11-21)26(33-19-23-14-8-3-9-15-23)25(16-30)32-18-22-12-6-2-7-13-22/h1-16,24-26H,17-20H2/t24-,25+,26+/m0/s1. The van der Waals surface area contributed by atoms with Gasteiger partial charge in [0.25, 0.3) is 0 Å². The van der Waals surface area contributed by atoms with E-state index >= 15 is 0 Å². The quantitative estimate of drug-likeness (QED) is 0.147. The zero-order valence-electron chi connectivity index (χ0n) is 18.3. The molecule has 0 unspecified atom stereocenters. The molecule has 0 radical (unpaired) electrons. The number of nitrogens with zero attached hydrogens (tertiary/aromatic N) is 3. The SMILES string of the molecule is [N-]=[N+]=N[C@@H](COCc1ccccc1)[C@@H](OCc1ccccc1)[C@@H](C=O)OCc1ccccc1. The molecule has 0 saturated carbocycles. The Morgan fingerprint density at radius 2 is 1.24 bits per heavy atom. The van der Waals surface area contributed by atoms with E-state index in [0.29, 0.717) is 12.9 Å². The lowest BCUT2D eigenvalue weighted by atomic mass is 10.1. The van der Waals surface area contributed by atoms with Crippen LogP contribution in [0.3, 0.4) is 0 Å². The van der Waals surface area contributed by atoms with E-state index in [-0.39, 0.29) is 19.8 Å². The van der Waals surface area contributed by atoms with Crippen molar-refractivity contribution in [2.24, 2.45) is 5.11 Å². The first kappa shape index (κ1) is 24.2. The molecule has 0 bridgehead atoms. The summed E-state index contributed by atoms with van der Waals surface area (Å²) in [6.07, 6.45) is -1.07. The van der Waals surface area contributed by atoms with Gasteiger partial charge in [0.1, 0.15) is 12.2 Å². The first-order chi connectivity index (χ1) is 16.3. The fourth-order valence-electron chi connectivity index (χ4n) is 3.30. The maximum absolute atomic E-state index is 12.0. The summed E-state index contributed by atoms with van der Waals surface area (Å²) in [4.78, 5) is 15.0. The van der Waals surface area contributed by atoms with Crippen LogP contribution in [0.25, 0.3) is 10.4 Å². The van der Waals surface area contributed by atoms with Crippen molar-refractivity contribution in [1.29, 1.82) is 0 Å². The van der Waals surface area contributed by atoms with Gasteiger partial charge in [-0.15, -0.1) is 0 Å². The highest BCUT2D eigenvalue weighted by atomic mass is 16.5. The molecule has 0 aliphatic rings. The smallest absolute Gasteiger partial charge is 0.151 e. The van der Waals surface area contributed by atoms with Gasteiger partial charge in [0, 0.05) is 4.91 Å². The lowest BCUT2D eigenvalue weighted by molar-refractivity contribution is -0.137. The fraction of sp³-hybridized carbons (Fsp3) is 0.269. The molecule has 0 N–H and O–H groups in total. The van der Waals surface area contributed by atoms with Crippen LogP contribution in [0.15, 0.2) is 96.1 Å². The van der Waals surface area contributed by atoms with E-state index in [4.69, 9.17) is 19.7 Å². The maximum Gasteiger partial charge on any atom is 0.151 e. The highest BCUT2D eigenvalue weighted by Gasteiger charge is 2.31. The Balaban J connectivity index is 1.72. The summed E-state index contributed by atoms with van der Waals surface area (Å²) < 4.78 is 17.8. The predicted molar refractivity (Wildman–Crippen MR) is 125 cm³/mol. The number of rotatable bonds is 14. The molecule has 170 valence electrons. The minimum absolute atomic E-state index is 0.0808. The van der Waals surface area contributed by atoms with Crippen LogP contribution in [0.5, 0.6) is 0 Å². The maximum atomic E-state index is 12.0. The molecule has 0 fully saturated rings. The van der Waals surface area contributed by atoms with Gasteiger partial charge in [0.2, 0.25) is 0 Å². The van der Waals surface area contributed by atoms with Crippen LogP contribution in [0.2, 0.25) is 0 Å². The second-order valence-electron chi connectivity index (χ2n) is 7.43. The molecular formula is C26H27N3O4. The Morgan fingerprint density at radius 1 is 0.758 bits per heavy atom. The second kappa shape index (κ2) is 13.8. The molecule has 0 aliphatic heterocycles. The molecule has 3 aromatic carbocycles. The highest BCUT2D eigenvalue weighted by molar-refractivity contribution is 5.57. The minimum atomic E-state index is -0.940. The first-order valence-electron chi connectivity index (χ1n) is 10.7. The molecular weight excluding hydrogens is 418 g/mol. The van der Waals surface area contributed by atoms with Gasteiger partial charge in [0.15, 0.2) is 6.29 Å². The zero-order chi connectivity index (χ0) is 23.1. The van der Waals surface area contributed by atoms with E-state index < -0.39 is 18.2 Å². The lowest BCUT2D eigenvalue weighted by Gasteiger charge is -2.28. The summed E-state index contributed by atoms with van der Waals surface area (Å²) >= 11 is 0. The predicted octanol–water partition coefficient (Wildman–Crippen LogP) is 5.25. The number of ether oxygens (including phenoxy) is 3. The van der Waals surface area contributed by atoms with Crippen LogP contribution in [-0.2, 0) is 38.8 Å². The number of azide groups is 1. The first-order valence-corrected chi connectivity index (χ1v) is 10.7. The van der Waals surface area contributed by atoms with Crippen LogP contribution in [0.1, 0.15) is 16.7 Å². The van der Waals surface area contributed by atoms with Crippen LogP contribution >= 0.6 is 0 Å². The van der Waals surface area contributed by atoms with E-state index in [2.05, 4.69) is 10.0 Å². The van der Waals surface area contributed by atoms with Gasteiger partial charge in [-0.3, -0.25) is 0 Å². The van der Waals surface area contributed by atoms with Crippen molar-refractivity contribution in [3.8, 4) is 0 Å². The van der Waals surface area contributed by atoms with E-state index in [1.807, 2.05) is 91.0 Å². The molecule has 3 aromatic rings. The van der Waals surface area contributed by atoms with E-state index in [1.165, 1.54) is 0 Å². The molecule has 3 atom stereocenters. The molecule has 0 spiro atoms. The highest BCUT2D eigenvalue weighted by Crippen LogP contribution is 2.17. The number of benzene rings is 3. The summed E-state index contributed by atoms with van der Waals surface area (Å²) in [6.45, 7) is 0.891. The Kier molecular flexibility index (Phi) is 10.1. The van der Waals surface area contributed by atoms with Crippen molar-refractivity contribution in [3.63, 3.8) is 0 Å². The van der Waals surface area contributed by atoms with Crippen LogP contribution in [0.4, 0.5) is 0 Å². The average molecular weight is 446 g/mol. The molecule has 0 saturated heterocycles. The molecule has 33 heavy (non-hydrogen) atoms. The molecule has 7 nitrogen and oxygen atoms in total. The fourth-order valence-corrected chi connectivity index (χ4v) is 3.30. The van der Waals surface area contributed by atoms with Crippen molar-refractivity contribution in [3.05, 3.63) is 118 Å². The number of aldehydes is 1. The largest absolute Gasteiger partial charge is 0.376 e. The number of hydrogen-bond acceptors (Lipinski definition) is 5. The van der Waals surface area contributed by atoms with Crippen LogP contribution < -0.4 is 0 Å². The third-order valence-corrected chi connectivity index (χ3v) is 5.01. The molecule has 7 heteroatoms. The van der Waals surface area contributed by atoms with Crippen molar-refractivity contribution in [2.45, 2.75) is 38.1 Å². The molecule has 0 aromatic heterocycles. The normalized spacial score (nSPS) is 13.5. The summed E-state index contributed by atoms with van der Waals surface area (Å²) in [5.41, 5.74) is 12.0. The minimum Gasteiger partial charge on any atom is -0.376 e. The topological polar surface area (TPSA) is 93.5 Å². The van der Waals surface area contributed by atoms with Gasteiger partial charge in [0.05, 0.1) is 32.5 Å². The second-order valence-corrected chi connectivity index (χ2v) is 7.43. The molecule has 0 heterocycles. The molecule has 3 rings (SSSR count). The Hall–Kier alpha value is -3.48. The van der Waals surface area contributed by atoms with Crippen molar-refractivity contribution in [1.82, 2.24) is 0 Å². The molecule has 0 aliphatic carbocycles. The van der Waals surface area contributed by atoms with E-state index in [1.54, 1.807) is 0 Å². The number of carbonyl (C=O) groups excluding carboxylic acids is 1. The van der Waals surface area contributed by atoms with Gasteiger partial charge in [-0.05, 0) is 22.2 Å². The average Bonchev–Trinajstić information content (AvgIpc) is 2.87. The summed E-state index contributed by atoms with van der Waals surface area (Å²) in [5.74, 6) is 0. The zero-order valence-corrected chi connectivity index (χ0v) is 18.3. The van der Waals surface area contributed by atoms with Gasteiger partial charge in [-0.1, -0.05) is 96.1 Å². The van der Waals surface area contributed by atoms with Crippen LogP contribution in [0, 0.1) is 0 Å². The summed E-state index contributed by atoms with van der Waals surface area (Å²) in [5, 5.41) is 3.88. The van der Waals surface area contributed by atoms with Gasteiger partial charge in [-0.25, -0.2) is 0 Å². The third kappa shape index (κ3) is 8.18. The Labute approximate surface area is 193 Å². The molecule has 0 amide bonds. The monoisotopic (exact) mass is 445 g/mol. The summed E-state index contributed by atoms with van der Waals surface area (Å²) in [6, 6.07) is 28.0.